The summed E-state index contributed by atoms with van der Waals surface area (Å²) in [5.74, 6) is 0.784. The Kier molecular flexibility index (Phi) is 15.0. The van der Waals surface area contributed by atoms with Gasteiger partial charge in [-0.2, -0.15) is 0 Å². The minimum atomic E-state index is 0.459. The number of nitrogens with zero attached hydrogens (tertiary/aromatic N) is 2. The molecule has 156 valence electrons. The van der Waals surface area contributed by atoms with Gasteiger partial charge in [-0.25, -0.2) is 4.99 Å². The largest absolute Gasteiger partial charge is 0.496 e. The molecule has 0 N–H and O–H groups in total. The van der Waals surface area contributed by atoms with Crippen LogP contribution in [0.4, 0.5) is 0 Å². The van der Waals surface area contributed by atoms with Gasteiger partial charge in [-0.15, -0.1) is 0 Å². The zero-order valence-corrected chi connectivity index (χ0v) is 19.4. The Morgan fingerprint density at radius 3 is 2.39 bits per heavy atom. The Balaban J connectivity index is 0.00000352. The van der Waals surface area contributed by atoms with E-state index in [9.17, 15) is 0 Å². The van der Waals surface area contributed by atoms with Crippen LogP contribution >= 0.6 is 11.6 Å². The molecule has 1 rings (SSSR count). The molecular formula is C24H37ClN2O. The summed E-state index contributed by atoms with van der Waals surface area (Å²) in [5, 5.41) is 0.459. The average molecular weight is 405 g/mol. The summed E-state index contributed by atoms with van der Waals surface area (Å²) in [6.45, 7) is 10.3. The minimum Gasteiger partial charge on any atom is -0.496 e. The number of ether oxygens (including phenoxy) is 1. The number of rotatable bonds is 10. The van der Waals surface area contributed by atoms with Gasteiger partial charge in [0.05, 0.1) is 12.8 Å². The van der Waals surface area contributed by atoms with Crippen molar-refractivity contribution in [2.75, 3.05) is 14.2 Å². The monoisotopic (exact) mass is 404 g/mol. The highest BCUT2D eigenvalue weighted by Crippen LogP contribution is 2.26. The van der Waals surface area contributed by atoms with Crippen molar-refractivity contribution in [3.8, 4) is 5.75 Å². The average Bonchev–Trinajstić information content (AvgIpc) is 2.73. The lowest BCUT2D eigenvalue weighted by atomic mass is 10.0. The molecule has 0 saturated carbocycles. The molecule has 4 heteroatoms. The van der Waals surface area contributed by atoms with Crippen LogP contribution < -0.4 is 4.74 Å². The summed E-state index contributed by atoms with van der Waals surface area (Å²) >= 11 is 6.47. The van der Waals surface area contributed by atoms with Crippen LogP contribution in [0, 0.1) is 6.92 Å². The molecule has 28 heavy (non-hydrogen) atoms. The standard InChI is InChI=1S/C22H31ClN2O.C2H6/c1-6-8-10-11-13-20(24-4)18-15-19(17(3)21(16-18)26-5)22(23)25-14-12-9-7-2;1-2/h11-16H,6-10H2,1-5H3;1-2H3/b13-11-,14-12+,24-20?,25-22?;. The number of hydrogen-bond donors (Lipinski definition) is 0. The predicted molar refractivity (Wildman–Crippen MR) is 127 cm³/mol. The molecule has 1 aromatic rings. The quantitative estimate of drug-likeness (QED) is 0.293. The first kappa shape index (κ1) is 26.1. The van der Waals surface area contributed by atoms with Gasteiger partial charge in [-0.3, -0.25) is 4.99 Å². The molecule has 0 amide bonds. The maximum Gasteiger partial charge on any atom is 0.136 e. The molecule has 0 aliphatic carbocycles. The smallest absolute Gasteiger partial charge is 0.136 e. The molecule has 0 radical (unpaired) electrons. The van der Waals surface area contributed by atoms with Crippen LogP contribution in [0.25, 0.3) is 0 Å². The van der Waals surface area contributed by atoms with Crippen LogP contribution in [-0.4, -0.2) is 25.0 Å². The second kappa shape index (κ2) is 16.1. The summed E-state index contributed by atoms with van der Waals surface area (Å²) in [6, 6.07) is 4.03. The van der Waals surface area contributed by atoms with E-state index in [2.05, 4.69) is 36.0 Å². The van der Waals surface area contributed by atoms with E-state index in [-0.39, 0.29) is 0 Å². The van der Waals surface area contributed by atoms with Crippen molar-refractivity contribution in [3.63, 3.8) is 0 Å². The van der Waals surface area contributed by atoms with Gasteiger partial charge in [-0.05, 0) is 38.0 Å². The molecule has 0 spiro atoms. The fourth-order valence-corrected chi connectivity index (χ4v) is 2.76. The number of halogens is 1. The van der Waals surface area contributed by atoms with E-state index in [4.69, 9.17) is 16.3 Å². The number of allylic oxidation sites excluding steroid dienone is 3. The van der Waals surface area contributed by atoms with Gasteiger partial charge < -0.3 is 4.74 Å². The van der Waals surface area contributed by atoms with Crippen LogP contribution in [0.1, 0.15) is 76.5 Å². The van der Waals surface area contributed by atoms with Crippen molar-refractivity contribution < 1.29 is 4.74 Å². The fourth-order valence-electron chi connectivity index (χ4n) is 2.51. The molecule has 0 aliphatic heterocycles. The number of aliphatic imine (C=N–C) groups is 2. The van der Waals surface area contributed by atoms with E-state index < -0.39 is 0 Å². The SMILES string of the molecule is CC.CCC/C=C/N=C(Cl)c1cc(C(/C=C\CCCC)=NC)cc(OC)c1C. The van der Waals surface area contributed by atoms with Crippen LogP contribution in [0.2, 0.25) is 0 Å². The summed E-state index contributed by atoms with van der Waals surface area (Å²) in [7, 11) is 3.47. The molecule has 0 saturated heterocycles. The summed E-state index contributed by atoms with van der Waals surface area (Å²) in [5.41, 5.74) is 3.72. The Morgan fingerprint density at radius 2 is 1.82 bits per heavy atom. The first-order valence-electron chi connectivity index (χ1n) is 10.3. The van der Waals surface area contributed by atoms with Crippen molar-refractivity contribution in [1.29, 1.82) is 0 Å². The van der Waals surface area contributed by atoms with E-state index >= 15 is 0 Å². The van der Waals surface area contributed by atoms with Crippen LogP contribution in [0.5, 0.6) is 5.75 Å². The number of unbranched alkanes of at least 4 members (excludes halogenated alkanes) is 3. The zero-order chi connectivity index (χ0) is 21.4. The zero-order valence-electron chi connectivity index (χ0n) is 18.7. The van der Waals surface area contributed by atoms with Crippen molar-refractivity contribution in [2.45, 2.75) is 66.7 Å². The first-order chi connectivity index (χ1) is 13.6. The van der Waals surface area contributed by atoms with E-state index in [0.717, 1.165) is 47.4 Å². The van der Waals surface area contributed by atoms with Gasteiger partial charge in [0.15, 0.2) is 0 Å². The lowest BCUT2D eigenvalue weighted by molar-refractivity contribution is 0.411. The van der Waals surface area contributed by atoms with Gasteiger partial charge in [0.2, 0.25) is 0 Å². The van der Waals surface area contributed by atoms with Gasteiger partial charge >= 0.3 is 0 Å². The number of benzene rings is 1. The van der Waals surface area contributed by atoms with Crippen LogP contribution in [0.15, 0.2) is 46.5 Å². The number of methoxy groups -OCH3 is 1. The highest BCUT2D eigenvalue weighted by molar-refractivity contribution is 6.69. The van der Waals surface area contributed by atoms with E-state index in [0.29, 0.717) is 5.17 Å². The van der Waals surface area contributed by atoms with Crippen LogP contribution in [0.3, 0.4) is 0 Å². The summed E-state index contributed by atoms with van der Waals surface area (Å²) in [4.78, 5) is 8.79. The Morgan fingerprint density at radius 1 is 1.11 bits per heavy atom. The molecule has 3 nitrogen and oxygen atoms in total. The topological polar surface area (TPSA) is 34.0 Å². The van der Waals surface area contributed by atoms with Gasteiger partial charge in [0.25, 0.3) is 0 Å². The highest BCUT2D eigenvalue weighted by Gasteiger charge is 2.13. The fraction of sp³-hybridized carbons (Fsp3) is 0.500. The Hall–Kier alpha value is -1.87. The molecule has 0 unspecified atom stereocenters. The Bertz CT molecular complexity index is 688. The second-order valence-corrected chi connectivity index (χ2v) is 6.46. The van der Waals surface area contributed by atoms with E-state index in [1.54, 1.807) is 20.4 Å². The lowest BCUT2D eigenvalue weighted by Gasteiger charge is -2.13. The second-order valence-electron chi connectivity index (χ2n) is 6.10. The highest BCUT2D eigenvalue weighted by atomic mass is 35.5. The van der Waals surface area contributed by atoms with E-state index in [1.165, 1.54) is 12.8 Å². The molecule has 0 heterocycles. The molecule has 0 bridgehead atoms. The summed E-state index contributed by atoms with van der Waals surface area (Å²) < 4.78 is 5.55. The predicted octanol–water partition coefficient (Wildman–Crippen LogP) is 7.49. The van der Waals surface area contributed by atoms with Crippen molar-refractivity contribution in [2.24, 2.45) is 9.98 Å². The molecule has 0 atom stereocenters. The maximum atomic E-state index is 6.47. The molecule has 0 aromatic heterocycles. The third-order valence-corrected chi connectivity index (χ3v) is 4.39. The third-order valence-electron chi connectivity index (χ3n) is 4.09. The Labute approximate surface area is 177 Å². The first-order valence-corrected chi connectivity index (χ1v) is 10.7. The summed E-state index contributed by atoms with van der Waals surface area (Å²) in [6.07, 6.45) is 13.5. The normalized spacial score (nSPS) is 12.4. The van der Waals surface area contributed by atoms with Crippen molar-refractivity contribution in [3.05, 3.63) is 53.3 Å². The minimum absolute atomic E-state index is 0.459. The van der Waals surface area contributed by atoms with Crippen molar-refractivity contribution in [1.82, 2.24) is 0 Å². The number of hydrogen-bond acceptors (Lipinski definition) is 3. The molecular weight excluding hydrogens is 368 g/mol. The van der Waals surface area contributed by atoms with Gasteiger partial charge in [0, 0.05) is 29.9 Å². The third kappa shape index (κ3) is 8.88. The molecule has 0 fully saturated rings. The van der Waals surface area contributed by atoms with Gasteiger partial charge in [-0.1, -0.05) is 70.7 Å². The maximum absolute atomic E-state index is 6.47. The van der Waals surface area contributed by atoms with Crippen LogP contribution in [-0.2, 0) is 0 Å². The lowest BCUT2D eigenvalue weighted by Crippen LogP contribution is -2.04. The molecule has 0 aliphatic rings. The molecule has 1 aromatic carbocycles. The van der Waals surface area contributed by atoms with Crippen molar-refractivity contribution >= 4 is 22.5 Å². The van der Waals surface area contributed by atoms with Gasteiger partial charge in [0.1, 0.15) is 10.9 Å². The van der Waals surface area contributed by atoms with E-state index in [1.807, 2.05) is 39.0 Å².